The molecule has 0 spiro atoms. The van der Waals surface area contributed by atoms with Gasteiger partial charge in [0.2, 0.25) is 0 Å². The predicted octanol–water partition coefficient (Wildman–Crippen LogP) is 1.09. The van der Waals surface area contributed by atoms with Gasteiger partial charge < -0.3 is 0 Å². The summed E-state index contributed by atoms with van der Waals surface area (Å²) in [6.45, 7) is 0. The number of hydrogen-bond acceptors (Lipinski definition) is 3. The number of thioether (sulfide) groups is 1. The lowest BCUT2D eigenvalue weighted by molar-refractivity contribution is -0.119. The van der Waals surface area contributed by atoms with Gasteiger partial charge in [-0.05, 0) is 0 Å². The van der Waals surface area contributed by atoms with Gasteiger partial charge >= 0.3 is 0 Å². The van der Waals surface area contributed by atoms with E-state index in [1.54, 1.807) is 0 Å². The molecule has 0 saturated heterocycles. The average Bonchev–Trinajstić information content (AvgIpc) is 2.34. The average molecular weight is 166 g/mol. The van der Waals surface area contributed by atoms with E-state index in [1.165, 1.54) is 11.8 Å². The van der Waals surface area contributed by atoms with Gasteiger partial charge in [0.05, 0.1) is 11.3 Å². The van der Waals surface area contributed by atoms with E-state index in [1.807, 2.05) is 12.2 Å². The van der Waals surface area contributed by atoms with Gasteiger partial charge in [0.25, 0.3) is 0 Å². The van der Waals surface area contributed by atoms with Crippen molar-refractivity contribution in [3.05, 3.63) is 22.6 Å². The zero-order chi connectivity index (χ0) is 7.84. The lowest BCUT2D eigenvalue weighted by atomic mass is 10.0. The van der Waals surface area contributed by atoms with Crippen molar-refractivity contribution < 1.29 is 9.59 Å². The molecule has 1 aliphatic heterocycles. The minimum atomic E-state index is -0.0162. The van der Waals surface area contributed by atoms with Crippen molar-refractivity contribution in [1.82, 2.24) is 0 Å². The van der Waals surface area contributed by atoms with Crippen molar-refractivity contribution in [3.8, 4) is 0 Å². The molecule has 3 heteroatoms. The fourth-order valence-electron chi connectivity index (χ4n) is 1.22. The number of allylic oxidation sites excluding steroid dienone is 3. The minimum Gasteiger partial charge on any atom is -0.294 e. The zero-order valence-electron chi connectivity index (χ0n) is 5.79. The van der Waals surface area contributed by atoms with Gasteiger partial charge in [-0.1, -0.05) is 12.2 Å². The lowest BCUT2D eigenvalue weighted by Crippen LogP contribution is -2.12. The van der Waals surface area contributed by atoms with Crippen LogP contribution in [0.1, 0.15) is 6.42 Å². The van der Waals surface area contributed by atoms with Gasteiger partial charge in [0, 0.05) is 11.3 Å². The normalized spacial score (nSPS) is 22.9. The molecule has 0 aromatic carbocycles. The first-order valence-corrected chi connectivity index (χ1v) is 4.37. The van der Waals surface area contributed by atoms with Gasteiger partial charge in [-0.25, -0.2) is 0 Å². The van der Waals surface area contributed by atoms with Crippen LogP contribution in [0.25, 0.3) is 0 Å². The Hall–Kier alpha value is -0.830. The lowest BCUT2D eigenvalue weighted by Gasteiger charge is -2.02. The molecule has 56 valence electrons. The Labute approximate surface area is 68.3 Å². The molecular formula is C8H6O2S. The first-order valence-electron chi connectivity index (χ1n) is 3.39. The molecule has 0 amide bonds. The first-order chi connectivity index (χ1) is 5.29. The van der Waals surface area contributed by atoms with Crippen molar-refractivity contribution in [2.45, 2.75) is 6.42 Å². The van der Waals surface area contributed by atoms with Crippen LogP contribution in [0.5, 0.6) is 0 Å². The predicted molar refractivity (Wildman–Crippen MR) is 43.3 cm³/mol. The number of carbonyl (C=O) groups excluding carboxylic acids is 2. The van der Waals surface area contributed by atoms with E-state index in [-0.39, 0.29) is 11.6 Å². The molecule has 0 aromatic rings. The highest BCUT2D eigenvalue weighted by Gasteiger charge is 2.28. The molecule has 0 aromatic heterocycles. The maximum atomic E-state index is 11.1. The maximum absolute atomic E-state index is 11.1. The third-order valence-electron chi connectivity index (χ3n) is 1.74. The van der Waals surface area contributed by atoms with Crippen molar-refractivity contribution in [1.29, 1.82) is 0 Å². The van der Waals surface area contributed by atoms with E-state index in [0.29, 0.717) is 17.7 Å². The molecule has 0 unspecified atom stereocenters. The van der Waals surface area contributed by atoms with Crippen LogP contribution in [0.4, 0.5) is 0 Å². The van der Waals surface area contributed by atoms with Crippen LogP contribution >= 0.6 is 11.8 Å². The standard InChI is InChI=1S/C8H6O2S/c9-5-2-1-3-7-8(5)6(10)4-11-7/h1,3H,2,4H2. The smallest absolute Gasteiger partial charge is 0.177 e. The summed E-state index contributed by atoms with van der Waals surface area (Å²) in [6.07, 6.45) is 4.07. The van der Waals surface area contributed by atoms with Crippen LogP contribution in [0.15, 0.2) is 22.6 Å². The molecular weight excluding hydrogens is 160 g/mol. The van der Waals surface area contributed by atoms with E-state index in [0.717, 1.165) is 4.91 Å². The van der Waals surface area contributed by atoms with Crippen LogP contribution in [0.3, 0.4) is 0 Å². The molecule has 0 radical (unpaired) electrons. The summed E-state index contributed by atoms with van der Waals surface area (Å²) < 4.78 is 0. The maximum Gasteiger partial charge on any atom is 0.177 e. The summed E-state index contributed by atoms with van der Waals surface area (Å²) in [7, 11) is 0. The molecule has 11 heavy (non-hydrogen) atoms. The number of hydrogen-bond donors (Lipinski definition) is 0. The largest absolute Gasteiger partial charge is 0.294 e. The van der Waals surface area contributed by atoms with E-state index >= 15 is 0 Å². The summed E-state index contributed by atoms with van der Waals surface area (Å²) >= 11 is 1.46. The van der Waals surface area contributed by atoms with Crippen molar-refractivity contribution in [2.24, 2.45) is 0 Å². The van der Waals surface area contributed by atoms with Crippen molar-refractivity contribution in [2.75, 3.05) is 5.75 Å². The third-order valence-corrected chi connectivity index (χ3v) is 2.79. The Morgan fingerprint density at radius 1 is 1.27 bits per heavy atom. The summed E-state index contributed by atoms with van der Waals surface area (Å²) in [5.74, 6) is 0.428. The fraction of sp³-hybridized carbons (Fsp3) is 0.250. The molecule has 0 N–H and O–H groups in total. The number of rotatable bonds is 0. The quantitative estimate of drug-likeness (QED) is 0.505. The Morgan fingerprint density at radius 3 is 2.82 bits per heavy atom. The van der Waals surface area contributed by atoms with E-state index in [9.17, 15) is 9.59 Å². The van der Waals surface area contributed by atoms with Crippen LogP contribution in [-0.2, 0) is 9.59 Å². The van der Waals surface area contributed by atoms with E-state index in [4.69, 9.17) is 0 Å². The molecule has 1 aliphatic carbocycles. The van der Waals surface area contributed by atoms with Gasteiger partial charge in [0.15, 0.2) is 11.6 Å². The van der Waals surface area contributed by atoms with Gasteiger partial charge in [-0.2, -0.15) is 0 Å². The second kappa shape index (κ2) is 2.34. The SMILES string of the molecule is O=C1CC=CC2=C1C(=O)CS2. The minimum absolute atomic E-state index is 0.000602. The molecule has 0 atom stereocenters. The van der Waals surface area contributed by atoms with Gasteiger partial charge in [0.1, 0.15) is 0 Å². The molecule has 0 bridgehead atoms. The Kier molecular flexibility index (Phi) is 1.46. The van der Waals surface area contributed by atoms with Gasteiger partial charge in [-0.3, -0.25) is 9.59 Å². The number of ketones is 2. The highest BCUT2D eigenvalue weighted by atomic mass is 32.2. The number of carbonyl (C=O) groups is 2. The summed E-state index contributed by atoms with van der Waals surface area (Å²) in [4.78, 5) is 23.1. The van der Waals surface area contributed by atoms with Crippen LogP contribution in [-0.4, -0.2) is 17.3 Å². The van der Waals surface area contributed by atoms with Crippen LogP contribution in [0.2, 0.25) is 0 Å². The monoisotopic (exact) mass is 166 g/mol. The van der Waals surface area contributed by atoms with Crippen molar-refractivity contribution >= 4 is 23.3 Å². The molecule has 2 rings (SSSR count). The molecule has 1 heterocycles. The second-order valence-electron chi connectivity index (χ2n) is 2.48. The van der Waals surface area contributed by atoms with Crippen molar-refractivity contribution in [3.63, 3.8) is 0 Å². The highest BCUT2D eigenvalue weighted by molar-refractivity contribution is 8.04. The first kappa shape index (κ1) is 6.85. The van der Waals surface area contributed by atoms with E-state index in [2.05, 4.69) is 0 Å². The summed E-state index contributed by atoms with van der Waals surface area (Å²) in [5, 5.41) is 0. The third kappa shape index (κ3) is 0.959. The molecule has 2 nitrogen and oxygen atoms in total. The fourth-order valence-corrected chi connectivity index (χ4v) is 2.22. The molecule has 2 aliphatic rings. The Bertz CT molecular complexity index is 299. The van der Waals surface area contributed by atoms with Gasteiger partial charge in [-0.15, -0.1) is 11.8 Å². The highest BCUT2D eigenvalue weighted by Crippen LogP contribution is 2.33. The summed E-state index contributed by atoms with van der Waals surface area (Å²) in [5.41, 5.74) is 0.442. The topological polar surface area (TPSA) is 34.1 Å². The summed E-state index contributed by atoms with van der Waals surface area (Å²) in [6, 6.07) is 0. The number of Topliss-reactive ketones (excluding diaryl/α,β-unsaturated/α-hetero) is 2. The van der Waals surface area contributed by atoms with Crippen LogP contribution in [0, 0.1) is 0 Å². The Morgan fingerprint density at radius 2 is 2.09 bits per heavy atom. The molecule has 0 saturated carbocycles. The van der Waals surface area contributed by atoms with E-state index < -0.39 is 0 Å². The second-order valence-corrected chi connectivity index (χ2v) is 3.50. The Balaban J connectivity index is 2.49. The zero-order valence-corrected chi connectivity index (χ0v) is 6.61. The van der Waals surface area contributed by atoms with Crippen LogP contribution < -0.4 is 0 Å². The molecule has 0 fully saturated rings.